The predicted octanol–water partition coefficient (Wildman–Crippen LogP) is 11.4. The van der Waals surface area contributed by atoms with Crippen molar-refractivity contribution in [1.82, 2.24) is 4.98 Å². The first-order chi connectivity index (χ1) is 24.1. The molecule has 2 nitrogen and oxygen atoms in total. The van der Waals surface area contributed by atoms with Crippen LogP contribution in [0, 0.1) is 23.7 Å². The minimum absolute atomic E-state index is 0.971. The second-order valence-electron chi connectivity index (χ2n) is 13.0. The van der Waals surface area contributed by atoms with Gasteiger partial charge >= 0.3 is 0 Å². The maximum Gasteiger partial charge on any atom is 0.297 e. The van der Waals surface area contributed by atoms with Gasteiger partial charge in [-0.3, -0.25) is 0 Å². The van der Waals surface area contributed by atoms with Gasteiger partial charge in [-0.05, 0) is 90.9 Å². The van der Waals surface area contributed by atoms with Gasteiger partial charge in [0.1, 0.15) is 4.88 Å². The number of aromatic amines is 1. The zero-order chi connectivity index (χ0) is 33.8. The highest BCUT2D eigenvalue weighted by Gasteiger charge is 2.23. The monoisotopic (exact) mass is 659 g/mol. The van der Waals surface area contributed by atoms with E-state index in [0.717, 1.165) is 52.0 Å². The second kappa shape index (κ2) is 17.0. The first-order valence-electron chi connectivity index (χ1n) is 18.0. The highest BCUT2D eigenvalue weighted by molar-refractivity contribution is 7.18. The number of fused-ring (bicyclic) bond motifs is 1. The average molecular weight is 660 g/mol. The molecule has 0 saturated carbocycles. The maximum absolute atomic E-state index is 3.77. The van der Waals surface area contributed by atoms with Crippen LogP contribution in [0.1, 0.15) is 98.6 Å². The molecular formula is C46H47N2S+. The van der Waals surface area contributed by atoms with Crippen LogP contribution in [0.15, 0.2) is 103 Å². The van der Waals surface area contributed by atoms with Crippen LogP contribution in [0.25, 0.3) is 32.2 Å². The van der Waals surface area contributed by atoms with Gasteiger partial charge < -0.3 is 0 Å². The zero-order valence-electron chi connectivity index (χ0n) is 29.2. The van der Waals surface area contributed by atoms with E-state index in [1.54, 1.807) is 11.3 Å². The number of nitrogens with one attached hydrogen (secondary N) is 1. The summed E-state index contributed by atoms with van der Waals surface area (Å²) in [7, 11) is 2.13. The largest absolute Gasteiger partial charge is 0.297 e. The summed E-state index contributed by atoms with van der Waals surface area (Å²) in [5.41, 5.74) is 10.1. The minimum Gasteiger partial charge on any atom is -0.235 e. The van der Waals surface area contributed by atoms with Crippen molar-refractivity contribution in [3.63, 3.8) is 0 Å². The summed E-state index contributed by atoms with van der Waals surface area (Å²) in [5, 5.41) is 0. The third kappa shape index (κ3) is 8.80. The Morgan fingerprint density at radius 2 is 1.10 bits per heavy atom. The van der Waals surface area contributed by atoms with Crippen molar-refractivity contribution in [3.8, 4) is 44.8 Å². The molecule has 0 saturated heterocycles. The van der Waals surface area contributed by atoms with Gasteiger partial charge in [0.2, 0.25) is 0 Å². The quantitative estimate of drug-likeness (QED) is 0.0766. The summed E-state index contributed by atoms with van der Waals surface area (Å²) in [6.07, 6.45) is 12.5. The zero-order valence-corrected chi connectivity index (χ0v) is 30.1. The molecule has 0 atom stereocenters. The van der Waals surface area contributed by atoms with E-state index in [4.69, 9.17) is 0 Å². The Kier molecular flexibility index (Phi) is 11.8. The van der Waals surface area contributed by atoms with Gasteiger partial charge in [0, 0.05) is 16.0 Å². The third-order valence-corrected chi connectivity index (χ3v) is 10.4. The normalized spacial score (nSPS) is 10.8. The molecule has 0 aliphatic rings. The fourth-order valence-electron chi connectivity index (χ4n) is 6.34. The molecule has 4 aromatic carbocycles. The van der Waals surface area contributed by atoms with Gasteiger partial charge in [0.05, 0.1) is 18.2 Å². The Morgan fingerprint density at radius 1 is 0.551 bits per heavy atom. The molecule has 2 heterocycles. The van der Waals surface area contributed by atoms with Crippen LogP contribution in [-0.2, 0) is 19.9 Å². The molecule has 0 fully saturated rings. The number of aromatic nitrogens is 2. The van der Waals surface area contributed by atoms with Crippen molar-refractivity contribution in [2.24, 2.45) is 7.05 Å². The summed E-state index contributed by atoms with van der Waals surface area (Å²) >= 11 is 1.80. The van der Waals surface area contributed by atoms with Gasteiger partial charge in [-0.25, -0.2) is 9.55 Å². The van der Waals surface area contributed by atoms with E-state index in [1.165, 1.54) is 77.8 Å². The van der Waals surface area contributed by atoms with Gasteiger partial charge in [-0.1, -0.05) is 131 Å². The summed E-state index contributed by atoms with van der Waals surface area (Å²) in [5.74, 6) is 15.0. The Balaban J connectivity index is 1.32. The fraction of sp³-hybridized carbons (Fsp3) is 0.283. The number of rotatable bonds is 12. The van der Waals surface area contributed by atoms with Crippen molar-refractivity contribution in [2.45, 2.75) is 78.1 Å². The second-order valence-corrected chi connectivity index (χ2v) is 14.0. The Labute approximate surface area is 297 Å². The summed E-state index contributed by atoms with van der Waals surface area (Å²) in [6, 6.07) is 36.8. The van der Waals surface area contributed by atoms with Crippen molar-refractivity contribution < 1.29 is 4.57 Å². The molecule has 0 amide bonds. The molecule has 246 valence electrons. The smallest absolute Gasteiger partial charge is 0.235 e. The molecule has 0 bridgehead atoms. The van der Waals surface area contributed by atoms with E-state index in [-0.39, 0.29) is 0 Å². The van der Waals surface area contributed by atoms with Crippen LogP contribution in [0.5, 0.6) is 0 Å². The maximum atomic E-state index is 3.77. The summed E-state index contributed by atoms with van der Waals surface area (Å²) in [4.78, 5) is 6.20. The number of thiophene rings is 1. The molecule has 0 aliphatic carbocycles. The van der Waals surface area contributed by atoms with E-state index in [0.29, 0.717) is 0 Å². The Hall–Kier alpha value is -4.83. The number of hydrogen-bond donors (Lipinski definition) is 1. The van der Waals surface area contributed by atoms with Gasteiger partial charge in [-0.2, -0.15) is 0 Å². The Bertz CT molecular complexity index is 2090. The minimum atomic E-state index is 0.971. The molecule has 6 rings (SSSR count). The average Bonchev–Trinajstić information content (AvgIpc) is 3.77. The van der Waals surface area contributed by atoms with Crippen LogP contribution in [0.3, 0.4) is 0 Å². The number of benzene rings is 4. The lowest BCUT2D eigenvalue weighted by molar-refractivity contribution is -0.633. The number of nitrogens with zero attached hydrogens (tertiary/aromatic N) is 1. The lowest BCUT2D eigenvalue weighted by Gasteiger charge is -2.01. The van der Waals surface area contributed by atoms with Crippen LogP contribution in [0.4, 0.5) is 0 Å². The Morgan fingerprint density at radius 3 is 1.69 bits per heavy atom. The molecule has 1 N–H and O–H groups in total. The molecule has 49 heavy (non-hydrogen) atoms. The lowest BCUT2D eigenvalue weighted by Crippen LogP contribution is -2.29. The van der Waals surface area contributed by atoms with E-state index in [2.05, 4.69) is 157 Å². The molecule has 6 aromatic rings. The predicted molar refractivity (Wildman–Crippen MR) is 209 cm³/mol. The summed E-state index contributed by atoms with van der Waals surface area (Å²) in [6.45, 7) is 4.52. The third-order valence-electron chi connectivity index (χ3n) is 9.22. The number of aryl methyl sites for hydroxylation is 3. The highest BCUT2D eigenvalue weighted by atomic mass is 32.1. The SMILES string of the molecule is CCCCCCc1ccc(C#Cc2ccc(C#Cc3ccc(CCCCCC)cc3)c3c2[nH]c(-c2ccc(-c4ccccc4)s2)[n+]3C)cc1. The molecule has 3 heteroatoms. The lowest BCUT2D eigenvalue weighted by atomic mass is 10.0. The van der Waals surface area contributed by atoms with Gasteiger partial charge in [0.25, 0.3) is 5.82 Å². The molecular weight excluding hydrogens is 613 g/mol. The van der Waals surface area contributed by atoms with Crippen molar-refractivity contribution in [2.75, 3.05) is 0 Å². The summed E-state index contributed by atoms with van der Waals surface area (Å²) < 4.78 is 2.25. The van der Waals surface area contributed by atoms with Crippen molar-refractivity contribution in [3.05, 3.63) is 137 Å². The van der Waals surface area contributed by atoms with Gasteiger partial charge in [0.15, 0.2) is 11.0 Å². The van der Waals surface area contributed by atoms with Crippen LogP contribution >= 0.6 is 11.3 Å². The number of hydrogen-bond acceptors (Lipinski definition) is 1. The van der Waals surface area contributed by atoms with E-state index in [1.807, 2.05) is 0 Å². The van der Waals surface area contributed by atoms with Crippen LogP contribution in [-0.4, -0.2) is 4.98 Å². The molecule has 0 aliphatic heterocycles. The standard InChI is InChI=1S/C46H46N2S/c1-4-6-8-11-15-35-19-23-37(24-20-35)27-29-40-31-32-41(30-28-38-25-21-36(22-26-38)16-12-9-7-5-2)45-44(40)47-46(48(45)3)43-34-33-42(49-43)39-17-13-10-14-18-39/h10,13-14,17-26,31-34H,4-9,11-12,15-16H2,1-3H3/p+1. The fourth-order valence-corrected chi connectivity index (χ4v) is 7.38. The molecule has 0 spiro atoms. The first-order valence-corrected chi connectivity index (χ1v) is 18.9. The van der Waals surface area contributed by atoms with E-state index < -0.39 is 0 Å². The first kappa shape index (κ1) is 34.0. The van der Waals surface area contributed by atoms with Crippen LogP contribution < -0.4 is 4.57 Å². The number of H-pyrrole nitrogens is 1. The molecule has 0 radical (unpaired) electrons. The number of unbranched alkanes of at least 4 members (excludes halogenated alkanes) is 6. The van der Waals surface area contributed by atoms with E-state index >= 15 is 0 Å². The topological polar surface area (TPSA) is 19.7 Å². The van der Waals surface area contributed by atoms with Gasteiger partial charge in [-0.15, -0.1) is 11.3 Å². The van der Waals surface area contributed by atoms with Crippen molar-refractivity contribution >= 4 is 22.4 Å². The molecule has 0 unspecified atom stereocenters. The van der Waals surface area contributed by atoms with Crippen molar-refractivity contribution in [1.29, 1.82) is 0 Å². The van der Waals surface area contributed by atoms with E-state index in [9.17, 15) is 0 Å². The molecule has 2 aromatic heterocycles. The van der Waals surface area contributed by atoms with Crippen LogP contribution in [0.2, 0.25) is 0 Å². The highest BCUT2D eigenvalue weighted by Crippen LogP contribution is 2.34. The number of imidazole rings is 1.